The van der Waals surface area contributed by atoms with Gasteiger partial charge in [0, 0.05) is 31.7 Å². The third kappa shape index (κ3) is 4.69. The van der Waals surface area contributed by atoms with Crippen LogP contribution >= 0.6 is 0 Å². The molecule has 1 atom stereocenters. The molecule has 1 aliphatic carbocycles. The first kappa shape index (κ1) is 16.3. The highest BCUT2D eigenvalue weighted by Gasteiger charge is 2.31. The fourth-order valence-electron chi connectivity index (χ4n) is 3.64. The first-order chi connectivity index (χ1) is 11.2. The normalized spacial score (nSPS) is 28.5. The van der Waals surface area contributed by atoms with E-state index < -0.39 is 0 Å². The van der Waals surface area contributed by atoms with Crippen LogP contribution in [0.4, 0.5) is 4.79 Å². The van der Waals surface area contributed by atoms with E-state index >= 15 is 0 Å². The summed E-state index contributed by atoms with van der Waals surface area (Å²) in [6.07, 6.45) is 4.97. The molecule has 3 rings (SSSR count). The number of benzene rings is 1. The summed E-state index contributed by atoms with van der Waals surface area (Å²) in [5.41, 5.74) is 7.07. The lowest BCUT2D eigenvalue weighted by atomic mass is 9.92. The molecular weight excluding hydrogens is 290 g/mol. The van der Waals surface area contributed by atoms with Crippen LogP contribution in [0.5, 0.6) is 0 Å². The van der Waals surface area contributed by atoms with Gasteiger partial charge in [-0.15, -0.1) is 0 Å². The Bertz CT molecular complexity index is 500. The number of carbonyl (C=O) groups is 1. The molecule has 0 aromatic heterocycles. The number of carbonyl (C=O) groups excluding carboxylic acids is 1. The van der Waals surface area contributed by atoms with Gasteiger partial charge in [-0.25, -0.2) is 4.79 Å². The molecule has 1 saturated carbocycles. The van der Waals surface area contributed by atoms with Crippen molar-refractivity contribution >= 4 is 6.09 Å². The molecule has 0 radical (unpaired) electrons. The Morgan fingerprint density at radius 3 is 2.57 bits per heavy atom. The molecule has 1 saturated heterocycles. The first-order valence-corrected chi connectivity index (χ1v) is 8.69. The summed E-state index contributed by atoms with van der Waals surface area (Å²) in [7, 11) is 0. The number of alkyl carbamates (subject to hydrolysis) is 1. The van der Waals surface area contributed by atoms with E-state index in [1.807, 2.05) is 30.3 Å². The molecule has 3 N–H and O–H groups in total. The Morgan fingerprint density at radius 2 is 1.91 bits per heavy atom. The van der Waals surface area contributed by atoms with E-state index in [1.165, 1.54) is 0 Å². The summed E-state index contributed by atoms with van der Waals surface area (Å²) < 4.78 is 5.55. The maximum atomic E-state index is 11.9. The van der Waals surface area contributed by atoms with E-state index in [-0.39, 0.29) is 12.2 Å². The molecule has 1 aromatic carbocycles. The van der Waals surface area contributed by atoms with Crippen molar-refractivity contribution < 1.29 is 9.53 Å². The SMILES string of the molecule is N[C@H]1CCN(C2CCC(OC(=O)NCc3ccccc3)CC2)C1. The van der Waals surface area contributed by atoms with Gasteiger partial charge in [-0.3, -0.25) is 4.90 Å². The van der Waals surface area contributed by atoms with Crippen molar-refractivity contribution in [3.63, 3.8) is 0 Å². The van der Waals surface area contributed by atoms with Gasteiger partial charge in [0.25, 0.3) is 0 Å². The quantitative estimate of drug-likeness (QED) is 0.894. The summed E-state index contributed by atoms with van der Waals surface area (Å²) in [4.78, 5) is 14.4. The second kappa shape index (κ2) is 7.79. The van der Waals surface area contributed by atoms with Gasteiger partial charge >= 0.3 is 6.09 Å². The standard InChI is InChI=1S/C18H27N3O2/c19-15-10-11-21(13-15)16-6-8-17(9-7-16)23-18(22)20-12-14-4-2-1-3-5-14/h1-5,15-17H,6-13,19H2,(H,20,22)/t15-,16?,17?/m0/s1. The molecular formula is C18H27N3O2. The maximum absolute atomic E-state index is 11.9. The highest BCUT2D eigenvalue weighted by molar-refractivity contribution is 5.67. The fourth-order valence-corrected chi connectivity index (χ4v) is 3.64. The van der Waals surface area contributed by atoms with Crippen LogP contribution in [0.15, 0.2) is 30.3 Å². The number of rotatable bonds is 4. The van der Waals surface area contributed by atoms with Gasteiger partial charge in [0.15, 0.2) is 0 Å². The highest BCUT2D eigenvalue weighted by Crippen LogP contribution is 2.27. The van der Waals surface area contributed by atoms with E-state index in [4.69, 9.17) is 10.5 Å². The molecule has 2 aliphatic rings. The lowest BCUT2D eigenvalue weighted by Crippen LogP contribution is -2.40. The number of likely N-dealkylation sites (tertiary alicyclic amines) is 1. The maximum Gasteiger partial charge on any atom is 0.407 e. The topological polar surface area (TPSA) is 67.6 Å². The number of hydrogen-bond donors (Lipinski definition) is 2. The molecule has 0 bridgehead atoms. The number of ether oxygens (including phenoxy) is 1. The molecule has 2 fully saturated rings. The average Bonchev–Trinajstić information content (AvgIpc) is 3.01. The van der Waals surface area contributed by atoms with Crippen LogP contribution in [0.1, 0.15) is 37.7 Å². The zero-order chi connectivity index (χ0) is 16.1. The molecule has 5 nitrogen and oxygen atoms in total. The predicted molar refractivity (Wildman–Crippen MR) is 90.0 cm³/mol. The third-order valence-electron chi connectivity index (χ3n) is 4.97. The lowest BCUT2D eigenvalue weighted by molar-refractivity contribution is 0.0522. The van der Waals surface area contributed by atoms with Crippen molar-refractivity contribution in [1.29, 1.82) is 0 Å². The van der Waals surface area contributed by atoms with Crippen molar-refractivity contribution in [3.05, 3.63) is 35.9 Å². The molecule has 1 heterocycles. The smallest absolute Gasteiger partial charge is 0.407 e. The Morgan fingerprint density at radius 1 is 1.17 bits per heavy atom. The van der Waals surface area contributed by atoms with Crippen LogP contribution in [-0.2, 0) is 11.3 Å². The molecule has 1 aromatic rings. The van der Waals surface area contributed by atoms with Crippen molar-refractivity contribution in [2.24, 2.45) is 5.73 Å². The summed E-state index contributed by atoms with van der Waals surface area (Å²) >= 11 is 0. The summed E-state index contributed by atoms with van der Waals surface area (Å²) in [6.45, 7) is 2.66. The van der Waals surface area contributed by atoms with Crippen molar-refractivity contribution in [2.75, 3.05) is 13.1 Å². The zero-order valence-corrected chi connectivity index (χ0v) is 13.6. The zero-order valence-electron chi connectivity index (χ0n) is 13.6. The monoisotopic (exact) mass is 317 g/mol. The molecule has 1 amide bonds. The van der Waals surface area contributed by atoms with Crippen molar-refractivity contribution in [3.8, 4) is 0 Å². The van der Waals surface area contributed by atoms with E-state index in [9.17, 15) is 4.79 Å². The van der Waals surface area contributed by atoms with Crippen molar-refractivity contribution in [2.45, 2.75) is 56.8 Å². The molecule has 5 heteroatoms. The Kier molecular flexibility index (Phi) is 5.51. The van der Waals surface area contributed by atoms with Gasteiger partial charge < -0.3 is 15.8 Å². The first-order valence-electron chi connectivity index (χ1n) is 8.69. The number of hydrogen-bond acceptors (Lipinski definition) is 4. The van der Waals surface area contributed by atoms with Crippen LogP contribution in [0.3, 0.4) is 0 Å². The fraction of sp³-hybridized carbons (Fsp3) is 0.611. The lowest BCUT2D eigenvalue weighted by Gasteiger charge is -2.34. The summed E-state index contributed by atoms with van der Waals surface area (Å²) in [6, 6.07) is 10.8. The number of nitrogens with zero attached hydrogens (tertiary/aromatic N) is 1. The van der Waals surface area contributed by atoms with Gasteiger partial charge in [-0.2, -0.15) is 0 Å². The highest BCUT2D eigenvalue weighted by atomic mass is 16.6. The van der Waals surface area contributed by atoms with Gasteiger partial charge in [0.1, 0.15) is 6.10 Å². The minimum Gasteiger partial charge on any atom is -0.446 e. The van der Waals surface area contributed by atoms with E-state index in [1.54, 1.807) is 0 Å². The molecule has 1 aliphatic heterocycles. The predicted octanol–water partition coefficient (Wildman–Crippen LogP) is 2.26. The minimum absolute atomic E-state index is 0.0540. The molecule has 126 valence electrons. The van der Waals surface area contributed by atoms with Crippen LogP contribution in [0.2, 0.25) is 0 Å². The molecule has 0 unspecified atom stereocenters. The second-order valence-electron chi connectivity index (χ2n) is 6.72. The Hall–Kier alpha value is -1.59. The molecule has 0 spiro atoms. The minimum atomic E-state index is -0.305. The van der Waals surface area contributed by atoms with Crippen LogP contribution in [0.25, 0.3) is 0 Å². The van der Waals surface area contributed by atoms with Gasteiger partial charge in [-0.1, -0.05) is 30.3 Å². The summed E-state index contributed by atoms with van der Waals surface area (Å²) in [5, 5.41) is 2.83. The van der Waals surface area contributed by atoms with E-state index in [0.717, 1.165) is 50.8 Å². The van der Waals surface area contributed by atoms with Crippen LogP contribution in [-0.4, -0.2) is 42.3 Å². The number of nitrogens with two attached hydrogens (primary N) is 1. The second-order valence-corrected chi connectivity index (χ2v) is 6.72. The summed E-state index contributed by atoms with van der Waals surface area (Å²) in [5.74, 6) is 0. The molecule has 23 heavy (non-hydrogen) atoms. The number of amides is 1. The van der Waals surface area contributed by atoms with E-state index in [2.05, 4.69) is 10.2 Å². The van der Waals surface area contributed by atoms with Gasteiger partial charge in [0.2, 0.25) is 0 Å². The third-order valence-corrected chi connectivity index (χ3v) is 4.97. The average molecular weight is 317 g/mol. The van der Waals surface area contributed by atoms with E-state index in [0.29, 0.717) is 18.6 Å². The largest absolute Gasteiger partial charge is 0.446 e. The Labute approximate surface area is 138 Å². The van der Waals surface area contributed by atoms with Crippen molar-refractivity contribution in [1.82, 2.24) is 10.2 Å². The van der Waals surface area contributed by atoms with Crippen LogP contribution < -0.4 is 11.1 Å². The van der Waals surface area contributed by atoms with Gasteiger partial charge in [0.05, 0.1) is 0 Å². The van der Waals surface area contributed by atoms with Gasteiger partial charge in [-0.05, 0) is 37.7 Å². The van der Waals surface area contributed by atoms with Crippen LogP contribution in [0, 0.1) is 0 Å². The Balaban J connectivity index is 1.36. The number of nitrogens with one attached hydrogen (secondary N) is 1.